The Morgan fingerprint density at radius 3 is 2.83 bits per heavy atom. The number of hydrogen-bond donors (Lipinski definition) is 0. The van der Waals surface area contributed by atoms with E-state index < -0.39 is 0 Å². The molecule has 0 radical (unpaired) electrons. The molecular weight excluding hydrogens is 306 g/mol. The van der Waals surface area contributed by atoms with Crippen LogP contribution in [0.4, 0.5) is 0 Å². The van der Waals surface area contributed by atoms with Crippen LogP contribution in [-0.2, 0) is 6.54 Å². The summed E-state index contributed by atoms with van der Waals surface area (Å²) in [4.78, 5) is 17.6. The molecule has 0 bridgehead atoms. The summed E-state index contributed by atoms with van der Waals surface area (Å²) in [5.74, 6) is 0.979. The molecule has 2 atom stereocenters. The molecule has 5 rings (SSSR count). The monoisotopic (exact) mass is 327 g/mol. The Hall–Kier alpha value is -1.59. The van der Waals surface area contributed by atoms with Crippen LogP contribution in [0.15, 0.2) is 35.2 Å². The Bertz CT molecular complexity index is 718. The third-order valence-corrected chi connectivity index (χ3v) is 6.22. The van der Waals surface area contributed by atoms with Gasteiger partial charge in [0.2, 0.25) is 0 Å². The predicted molar refractivity (Wildman–Crippen MR) is 90.6 cm³/mol. The first-order chi connectivity index (χ1) is 11.3. The third kappa shape index (κ3) is 2.34. The molecule has 2 aromatic heterocycles. The van der Waals surface area contributed by atoms with Gasteiger partial charge in [-0.15, -0.1) is 0 Å². The summed E-state index contributed by atoms with van der Waals surface area (Å²) >= 11 is 1.76. The van der Waals surface area contributed by atoms with E-state index in [1.807, 2.05) is 12.1 Å². The van der Waals surface area contributed by atoms with Crippen molar-refractivity contribution in [2.24, 2.45) is 5.92 Å². The van der Waals surface area contributed by atoms with Crippen LogP contribution >= 0.6 is 11.3 Å². The average molecular weight is 327 g/mol. The topological polar surface area (TPSA) is 28.5 Å². The molecule has 1 aliphatic carbocycles. The van der Waals surface area contributed by atoms with E-state index in [1.54, 1.807) is 11.3 Å². The molecule has 5 heteroatoms. The lowest BCUT2D eigenvalue weighted by atomic mass is 10.1. The van der Waals surface area contributed by atoms with E-state index in [0.717, 1.165) is 37.8 Å². The van der Waals surface area contributed by atoms with Gasteiger partial charge >= 0.3 is 0 Å². The molecule has 1 saturated heterocycles. The molecule has 2 fully saturated rings. The number of thiophene rings is 1. The number of carbonyl (C=O) groups is 1. The van der Waals surface area contributed by atoms with E-state index in [2.05, 4.69) is 37.4 Å². The SMILES string of the molecule is O=C1c2cccn2[C@H]2CN(Cc3ccsc3)C[C@H]2N1CC1CC1. The van der Waals surface area contributed by atoms with Crippen molar-refractivity contribution in [2.75, 3.05) is 19.6 Å². The number of likely N-dealkylation sites (tertiary alicyclic amines) is 1. The highest BCUT2D eigenvalue weighted by Crippen LogP contribution is 2.38. The van der Waals surface area contributed by atoms with Gasteiger partial charge in [-0.05, 0) is 53.3 Å². The number of rotatable bonds is 4. The fraction of sp³-hybridized carbons (Fsp3) is 0.500. The standard InChI is InChI=1S/C18H21N3OS/c22-18-15-2-1-6-20(15)16-10-19(8-14-5-7-23-12-14)11-17(16)21(18)9-13-3-4-13/h1-2,5-7,12-13,16-17H,3-4,8-11H2/t16-,17+/m0/s1. The Kier molecular flexibility index (Phi) is 3.13. The van der Waals surface area contributed by atoms with Crippen LogP contribution in [0.5, 0.6) is 0 Å². The molecule has 0 spiro atoms. The van der Waals surface area contributed by atoms with Gasteiger partial charge in [0.25, 0.3) is 5.91 Å². The predicted octanol–water partition coefficient (Wildman–Crippen LogP) is 2.84. The fourth-order valence-electron chi connectivity index (χ4n) is 4.16. The highest BCUT2D eigenvalue weighted by Gasteiger charge is 2.46. The van der Waals surface area contributed by atoms with E-state index >= 15 is 0 Å². The maximum atomic E-state index is 12.9. The highest BCUT2D eigenvalue weighted by atomic mass is 32.1. The van der Waals surface area contributed by atoms with Gasteiger partial charge in [-0.25, -0.2) is 0 Å². The lowest BCUT2D eigenvalue weighted by Crippen LogP contribution is -2.51. The first-order valence-corrected chi connectivity index (χ1v) is 9.45. The third-order valence-electron chi connectivity index (χ3n) is 5.49. The number of nitrogens with zero attached hydrogens (tertiary/aromatic N) is 3. The van der Waals surface area contributed by atoms with Gasteiger partial charge in [-0.3, -0.25) is 9.69 Å². The number of amides is 1. The van der Waals surface area contributed by atoms with Crippen molar-refractivity contribution in [3.63, 3.8) is 0 Å². The lowest BCUT2D eigenvalue weighted by Gasteiger charge is -2.38. The molecule has 4 nitrogen and oxygen atoms in total. The molecule has 0 unspecified atom stereocenters. The first-order valence-electron chi connectivity index (χ1n) is 8.51. The number of fused-ring (bicyclic) bond motifs is 3. The maximum Gasteiger partial charge on any atom is 0.270 e. The van der Waals surface area contributed by atoms with E-state index in [9.17, 15) is 4.79 Å². The van der Waals surface area contributed by atoms with Crippen LogP contribution in [0.25, 0.3) is 0 Å². The molecule has 2 aromatic rings. The van der Waals surface area contributed by atoms with Crippen LogP contribution < -0.4 is 0 Å². The van der Waals surface area contributed by atoms with Crippen molar-refractivity contribution in [1.82, 2.24) is 14.4 Å². The van der Waals surface area contributed by atoms with Gasteiger partial charge in [0.15, 0.2) is 0 Å². The molecule has 2 aliphatic heterocycles. The molecule has 0 aromatic carbocycles. The van der Waals surface area contributed by atoms with Gasteiger partial charge in [0.1, 0.15) is 5.69 Å². The van der Waals surface area contributed by atoms with Crippen molar-refractivity contribution in [3.05, 3.63) is 46.4 Å². The van der Waals surface area contributed by atoms with E-state index in [4.69, 9.17) is 0 Å². The smallest absolute Gasteiger partial charge is 0.270 e. The summed E-state index contributed by atoms with van der Waals surface area (Å²) in [6.07, 6.45) is 4.68. The minimum Gasteiger partial charge on any atom is -0.337 e. The van der Waals surface area contributed by atoms with Crippen LogP contribution in [0.3, 0.4) is 0 Å². The van der Waals surface area contributed by atoms with Crippen molar-refractivity contribution in [2.45, 2.75) is 31.5 Å². The van der Waals surface area contributed by atoms with Crippen molar-refractivity contribution >= 4 is 17.2 Å². The summed E-state index contributed by atoms with van der Waals surface area (Å²) in [6.45, 7) is 3.99. The second-order valence-electron chi connectivity index (χ2n) is 7.16. The molecule has 1 saturated carbocycles. The van der Waals surface area contributed by atoms with Crippen molar-refractivity contribution in [3.8, 4) is 0 Å². The Morgan fingerprint density at radius 1 is 1.17 bits per heavy atom. The molecule has 4 heterocycles. The zero-order chi connectivity index (χ0) is 15.4. The Balaban J connectivity index is 1.43. The summed E-state index contributed by atoms with van der Waals surface area (Å²) < 4.78 is 2.23. The summed E-state index contributed by atoms with van der Waals surface area (Å²) in [5.41, 5.74) is 2.27. The van der Waals surface area contributed by atoms with Gasteiger partial charge < -0.3 is 9.47 Å². The van der Waals surface area contributed by atoms with Crippen LogP contribution in [0.2, 0.25) is 0 Å². The molecule has 3 aliphatic rings. The van der Waals surface area contributed by atoms with Crippen LogP contribution in [0, 0.1) is 5.92 Å². The Labute approximate surface area is 140 Å². The molecule has 0 N–H and O–H groups in total. The van der Waals surface area contributed by atoms with Gasteiger partial charge in [-0.1, -0.05) is 0 Å². The Morgan fingerprint density at radius 2 is 2.04 bits per heavy atom. The molecular formula is C18H21N3OS. The number of carbonyl (C=O) groups excluding carboxylic acids is 1. The van der Waals surface area contributed by atoms with Crippen LogP contribution in [0.1, 0.15) is 34.9 Å². The minimum absolute atomic E-state index is 0.237. The lowest BCUT2D eigenvalue weighted by molar-refractivity contribution is 0.0565. The zero-order valence-electron chi connectivity index (χ0n) is 13.1. The van der Waals surface area contributed by atoms with E-state index in [1.165, 1.54) is 18.4 Å². The maximum absolute atomic E-state index is 12.9. The zero-order valence-corrected chi connectivity index (χ0v) is 13.9. The second kappa shape index (κ2) is 5.21. The fourth-order valence-corrected chi connectivity index (χ4v) is 4.82. The van der Waals surface area contributed by atoms with Gasteiger partial charge in [0.05, 0.1) is 12.1 Å². The largest absolute Gasteiger partial charge is 0.337 e. The summed E-state index contributed by atoms with van der Waals surface area (Å²) in [7, 11) is 0. The quantitative estimate of drug-likeness (QED) is 0.864. The van der Waals surface area contributed by atoms with Gasteiger partial charge in [-0.2, -0.15) is 11.3 Å². The average Bonchev–Trinajstić information content (AvgIpc) is 2.99. The molecule has 120 valence electrons. The highest BCUT2D eigenvalue weighted by molar-refractivity contribution is 7.07. The van der Waals surface area contributed by atoms with Crippen molar-refractivity contribution < 1.29 is 4.79 Å². The summed E-state index contributed by atoms with van der Waals surface area (Å²) in [6, 6.07) is 6.96. The number of aromatic nitrogens is 1. The van der Waals surface area contributed by atoms with Crippen LogP contribution in [-0.4, -0.2) is 46.0 Å². The summed E-state index contributed by atoms with van der Waals surface area (Å²) in [5, 5.41) is 4.38. The molecule has 23 heavy (non-hydrogen) atoms. The van der Waals surface area contributed by atoms with Gasteiger partial charge in [0, 0.05) is 32.4 Å². The molecule has 1 amide bonds. The van der Waals surface area contributed by atoms with E-state index in [0.29, 0.717) is 12.1 Å². The minimum atomic E-state index is 0.237. The second-order valence-corrected chi connectivity index (χ2v) is 7.94. The first kappa shape index (κ1) is 13.8. The number of hydrogen-bond acceptors (Lipinski definition) is 3. The normalized spacial score (nSPS) is 27.3. The van der Waals surface area contributed by atoms with Crippen molar-refractivity contribution in [1.29, 1.82) is 0 Å². The van der Waals surface area contributed by atoms with E-state index in [-0.39, 0.29) is 5.91 Å².